The third kappa shape index (κ3) is 2.25. The molecule has 17 heavy (non-hydrogen) atoms. The lowest BCUT2D eigenvalue weighted by atomic mass is 9.92. The van der Waals surface area contributed by atoms with Crippen molar-refractivity contribution < 1.29 is 0 Å². The number of nitrogens with zero attached hydrogens (tertiary/aromatic N) is 1. The van der Waals surface area contributed by atoms with E-state index in [1.54, 1.807) is 6.07 Å². The summed E-state index contributed by atoms with van der Waals surface area (Å²) in [6.07, 6.45) is 0. The molecule has 0 amide bonds. The fourth-order valence-corrected chi connectivity index (χ4v) is 2.25. The topological polar surface area (TPSA) is 38.9 Å². The highest BCUT2D eigenvalue weighted by Gasteiger charge is 2.20. The Bertz CT molecular complexity index is 586. The molecule has 2 nitrogen and oxygen atoms in total. The van der Waals surface area contributed by atoms with Gasteiger partial charge in [0, 0.05) is 16.6 Å². The average molecular weight is 269 g/mol. The smallest absolute Gasteiger partial charge is 0.0910 e. The van der Waals surface area contributed by atoms with E-state index in [2.05, 4.69) is 4.98 Å². The molecule has 1 heterocycles. The first kappa shape index (κ1) is 12.6. The zero-order chi connectivity index (χ0) is 12.8. The van der Waals surface area contributed by atoms with Crippen LogP contribution in [0, 0.1) is 6.92 Å². The molecule has 1 aromatic carbocycles. The molecule has 2 rings (SSSR count). The molecule has 0 fully saturated rings. The van der Waals surface area contributed by atoms with Gasteiger partial charge in [0.25, 0.3) is 0 Å². The van der Waals surface area contributed by atoms with Crippen LogP contribution in [0.2, 0.25) is 10.0 Å². The molecule has 0 saturated carbocycles. The summed E-state index contributed by atoms with van der Waals surface area (Å²) in [6, 6.07) is 5.69. The summed E-state index contributed by atoms with van der Waals surface area (Å²) in [4.78, 5) is 4.44. The lowest BCUT2D eigenvalue weighted by Gasteiger charge is -2.22. The fraction of sp³-hybridized carbons (Fsp3) is 0.308. The first-order valence-electron chi connectivity index (χ1n) is 5.35. The highest BCUT2D eigenvalue weighted by atomic mass is 35.5. The van der Waals surface area contributed by atoms with Crippen LogP contribution in [0.4, 0.5) is 0 Å². The van der Waals surface area contributed by atoms with E-state index in [4.69, 9.17) is 28.9 Å². The van der Waals surface area contributed by atoms with Crippen LogP contribution in [-0.2, 0) is 5.54 Å². The summed E-state index contributed by atoms with van der Waals surface area (Å²) < 4.78 is 0. The molecule has 0 aliphatic heterocycles. The molecule has 2 N–H and O–H groups in total. The maximum absolute atomic E-state index is 6.18. The predicted molar refractivity (Wildman–Crippen MR) is 73.7 cm³/mol. The van der Waals surface area contributed by atoms with E-state index in [-0.39, 0.29) is 0 Å². The Morgan fingerprint density at radius 1 is 1.24 bits per heavy atom. The van der Waals surface area contributed by atoms with Crippen molar-refractivity contribution in [3.8, 4) is 0 Å². The Morgan fingerprint density at radius 2 is 1.88 bits per heavy atom. The summed E-state index contributed by atoms with van der Waals surface area (Å²) in [5, 5.41) is 1.95. The number of nitrogens with two attached hydrogens (primary N) is 1. The lowest BCUT2D eigenvalue weighted by molar-refractivity contribution is 0.558. The van der Waals surface area contributed by atoms with Crippen molar-refractivity contribution >= 4 is 34.1 Å². The maximum Gasteiger partial charge on any atom is 0.0910 e. The first-order valence-corrected chi connectivity index (χ1v) is 6.11. The number of aromatic nitrogens is 1. The zero-order valence-corrected chi connectivity index (χ0v) is 11.5. The summed E-state index contributed by atoms with van der Waals surface area (Å²) >= 11 is 12.2. The van der Waals surface area contributed by atoms with E-state index in [1.807, 2.05) is 32.9 Å². The Labute approximate surface area is 111 Å². The molecular formula is C13H14Cl2N2. The van der Waals surface area contributed by atoms with Gasteiger partial charge in [0.05, 0.1) is 15.6 Å². The van der Waals surface area contributed by atoms with Crippen LogP contribution in [0.25, 0.3) is 10.9 Å². The second-order valence-electron chi connectivity index (χ2n) is 4.79. The number of rotatable bonds is 1. The van der Waals surface area contributed by atoms with Gasteiger partial charge in [-0.1, -0.05) is 29.3 Å². The van der Waals surface area contributed by atoms with Crippen molar-refractivity contribution in [2.45, 2.75) is 26.3 Å². The molecule has 0 aliphatic carbocycles. The van der Waals surface area contributed by atoms with Crippen molar-refractivity contribution in [3.63, 3.8) is 0 Å². The average Bonchev–Trinajstić information content (AvgIpc) is 2.22. The Morgan fingerprint density at radius 3 is 2.47 bits per heavy atom. The second kappa shape index (κ2) is 4.13. The van der Waals surface area contributed by atoms with Gasteiger partial charge in [0.2, 0.25) is 0 Å². The van der Waals surface area contributed by atoms with Gasteiger partial charge in [-0.3, -0.25) is 4.98 Å². The molecule has 0 saturated heterocycles. The van der Waals surface area contributed by atoms with Gasteiger partial charge >= 0.3 is 0 Å². The molecule has 4 heteroatoms. The Hall–Kier alpha value is -0.830. The third-order valence-corrected chi connectivity index (χ3v) is 3.49. The predicted octanol–water partition coefficient (Wildman–Crippen LogP) is 4.04. The van der Waals surface area contributed by atoms with E-state index < -0.39 is 5.54 Å². The molecule has 0 bridgehead atoms. The van der Waals surface area contributed by atoms with E-state index in [0.29, 0.717) is 15.6 Å². The van der Waals surface area contributed by atoms with Crippen LogP contribution >= 0.6 is 23.2 Å². The largest absolute Gasteiger partial charge is 0.322 e. The van der Waals surface area contributed by atoms with Crippen molar-refractivity contribution in [2.75, 3.05) is 0 Å². The molecule has 0 atom stereocenters. The summed E-state index contributed by atoms with van der Waals surface area (Å²) in [5.41, 5.74) is 8.36. The van der Waals surface area contributed by atoms with Gasteiger partial charge in [-0.15, -0.1) is 0 Å². The minimum Gasteiger partial charge on any atom is -0.322 e. The first-order chi connectivity index (χ1) is 7.80. The van der Waals surface area contributed by atoms with E-state index in [0.717, 1.165) is 16.6 Å². The molecule has 0 radical (unpaired) electrons. The maximum atomic E-state index is 6.18. The van der Waals surface area contributed by atoms with Crippen LogP contribution in [0.5, 0.6) is 0 Å². The fourth-order valence-electron chi connectivity index (χ4n) is 1.89. The minimum absolute atomic E-state index is 0.441. The number of halogens is 2. The van der Waals surface area contributed by atoms with E-state index in [9.17, 15) is 0 Å². The summed E-state index contributed by atoms with van der Waals surface area (Å²) in [7, 11) is 0. The number of aryl methyl sites for hydroxylation is 1. The number of hydrogen-bond acceptors (Lipinski definition) is 2. The summed E-state index contributed by atoms with van der Waals surface area (Å²) in [6.45, 7) is 5.85. The van der Waals surface area contributed by atoms with Crippen LogP contribution in [0.3, 0.4) is 0 Å². The molecule has 90 valence electrons. The van der Waals surface area contributed by atoms with Gasteiger partial charge in [0.1, 0.15) is 0 Å². The number of pyridine rings is 1. The zero-order valence-electron chi connectivity index (χ0n) is 10.0. The number of hydrogen-bond donors (Lipinski definition) is 1. The van der Waals surface area contributed by atoms with E-state index in [1.165, 1.54) is 0 Å². The number of benzene rings is 1. The molecule has 0 unspecified atom stereocenters. The molecule has 0 aliphatic rings. The Kier molecular flexibility index (Phi) is 3.06. The normalized spacial score (nSPS) is 12.1. The molecule has 2 aromatic rings. The second-order valence-corrected chi connectivity index (χ2v) is 5.58. The van der Waals surface area contributed by atoms with Gasteiger partial charge in [-0.05, 0) is 38.5 Å². The van der Waals surface area contributed by atoms with Gasteiger partial charge in [0.15, 0.2) is 0 Å². The molecular weight excluding hydrogens is 255 g/mol. The van der Waals surface area contributed by atoms with Crippen molar-refractivity contribution in [1.82, 2.24) is 4.98 Å². The van der Waals surface area contributed by atoms with Crippen LogP contribution in [0.15, 0.2) is 18.2 Å². The highest BCUT2D eigenvalue weighted by molar-refractivity contribution is 6.45. The third-order valence-electron chi connectivity index (χ3n) is 2.69. The Balaban J connectivity index is 2.92. The minimum atomic E-state index is -0.441. The lowest BCUT2D eigenvalue weighted by Crippen LogP contribution is -2.29. The van der Waals surface area contributed by atoms with Gasteiger partial charge < -0.3 is 5.73 Å². The highest BCUT2D eigenvalue weighted by Crippen LogP contribution is 2.34. The quantitative estimate of drug-likeness (QED) is 0.848. The standard InChI is InChI=1S/C13H14Cl2N2/c1-7-6-9(13(2,3)16)8-4-5-10(14)11(15)12(8)17-7/h4-6H,16H2,1-3H3. The molecule has 1 aromatic heterocycles. The monoisotopic (exact) mass is 268 g/mol. The molecule has 0 spiro atoms. The van der Waals surface area contributed by atoms with Crippen molar-refractivity contribution in [3.05, 3.63) is 39.5 Å². The van der Waals surface area contributed by atoms with Crippen LogP contribution < -0.4 is 5.73 Å². The van der Waals surface area contributed by atoms with E-state index >= 15 is 0 Å². The summed E-state index contributed by atoms with van der Waals surface area (Å²) in [5.74, 6) is 0. The van der Waals surface area contributed by atoms with Crippen LogP contribution in [0.1, 0.15) is 25.1 Å². The number of fused-ring (bicyclic) bond motifs is 1. The van der Waals surface area contributed by atoms with Crippen molar-refractivity contribution in [2.24, 2.45) is 5.73 Å². The van der Waals surface area contributed by atoms with Crippen LogP contribution in [-0.4, -0.2) is 4.98 Å². The SMILES string of the molecule is Cc1cc(C(C)(C)N)c2ccc(Cl)c(Cl)c2n1. The van der Waals surface area contributed by atoms with Gasteiger partial charge in [-0.25, -0.2) is 0 Å². The van der Waals surface area contributed by atoms with Gasteiger partial charge in [-0.2, -0.15) is 0 Å². The van der Waals surface area contributed by atoms with Crippen molar-refractivity contribution in [1.29, 1.82) is 0 Å².